The summed E-state index contributed by atoms with van der Waals surface area (Å²) in [7, 11) is 0.432. The number of thioether (sulfide) groups is 1. The Morgan fingerprint density at radius 1 is 0.495 bits per heavy atom. The standard InChI is InChI=1S/C20H26I.C14H21OS.2C13H16F2O3.2C6H5.C4H8OS.2CO2.CH4.Cu/c1-19(2,3)15-7-11-17(12-8-15)21-18-13-9-16(10-14-18)20(4,5)6;1-14(2,3)12-4-6-13(7-5-12)16-10-8-15-9-11-16;2*1-12(14,15)11(17)18-13-4-7-2-8(5-13)10(16)9(3-7)6-13;2*1-2-4-6-5-3-1;1-3-6-4-2-5-1;2*2-1-3;;/h7-14H,1-6H3;4-7H,8-11H2,1-3H3;2*7-9H,2-6H2,1H3;2*1-5H;1-4H2;;;1H4;/q-1;+1;;;2*-1;;;;;+2. The molecule has 8 bridgehead atoms. The average Bonchev–Trinajstić information content (AvgIpc) is 0.743. The molecule has 2 aliphatic heterocycles. The maximum atomic E-state index is 12.9. The van der Waals surface area contributed by atoms with E-state index in [0.29, 0.717) is 75.1 Å². The zero-order valence-corrected chi connectivity index (χ0v) is 63.0. The summed E-state index contributed by atoms with van der Waals surface area (Å²) in [5.41, 5.74) is 3.42. The van der Waals surface area contributed by atoms with E-state index in [9.17, 15) is 36.7 Å². The van der Waals surface area contributed by atoms with E-state index >= 15 is 0 Å². The molecule has 8 aliphatic carbocycles. The molecule has 2 heterocycles. The summed E-state index contributed by atoms with van der Waals surface area (Å²) < 4.78 is 75.4. The van der Waals surface area contributed by atoms with Crippen LogP contribution < -0.4 is 21.2 Å². The SMILES string of the molecule is C.C1CSCCO1.CC(C)(C)c1ccc([I-]c2ccc(C(C)(C)C)cc2)cc1.CC(C)(C)c1ccc([S+]2CCOCC2)cc1.CC(F)(F)C(=O)OC12CC3CC(C1)C(=O)C(C3)C2.CC(F)(F)C(=O)OC12CC3CC(C1)C(=O)C(C3)C2.O=C=O.O=C=O.[Cu+2].[c-]1ccccc1.[c-]1ccccc1. The van der Waals surface area contributed by atoms with E-state index < -0.39 is 35.0 Å². The Bertz CT molecular complexity index is 3000. The Morgan fingerprint density at radius 2 is 0.788 bits per heavy atom. The topological polar surface area (TPSA) is 173 Å². The van der Waals surface area contributed by atoms with Crippen LogP contribution >= 0.6 is 11.8 Å². The number of benzene rings is 5. The molecule has 2 saturated heterocycles. The largest absolute Gasteiger partial charge is 2.00 e. The minimum Gasteiger partial charge on any atom is -0.455 e. The number of ketones is 2. The van der Waals surface area contributed by atoms with Crippen molar-refractivity contribution in [1.29, 1.82) is 0 Å². The van der Waals surface area contributed by atoms with Crippen molar-refractivity contribution in [2.75, 3.05) is 49.4 Å². The molecular weight excluding hydrogens is 1470 g/mol. The Hall–Kier alpha value is -5.27. The number of halogens is 5. The summed E-state index contributed by atoms with van der Waals surface area (Å²) in [5, 5.41) is 0. The molecule has 10 fully saturated rings. The predicted octanol–water partition coefficient (Wildman–Crippen LogP) is 13.3. The summed E-state index contributed by atoms with van der Waals surface area (Å²) in [5.74, 6) is -4.08. The summed E-state index contributed by atoms with van der Waals surface area (Å²) in [4.78, 5) is 80.6. The molecule has 20 heteroatoms. The van der Waals surface area contributed by atoms with Crippen molar-refractivity contribution >= 4 is 58.5 Å². The molecule has 4 atom stereocenters. The molecule has 12 nitrogen and oxygen atoms in total. The number of ether oxygens (including phenoxy) is 4. The van der Waals surface area contributed by atoms with E-state index in [0.717, 1.165) is 52.1 Å². The fourth-order valence-electron chi connectivity index (χ4n) is 13.4. The molecule has 5 aromatic rings. The van der Waals surface area contributed by atoms with Crippen molar-refractivity contribution in [1.82, 2.24) is 0 Å². The van der Waals surface area contributed by atoms with Gasteiger partial charge >= 0.3 is 194 Å². The zero-order chi connectivity index (χ0) is 71.7. The second-order valence-corrected chi connectivity index (χ2v) is 35.4. The number of esters is 2. The molecule has 4 unspecified atom stereocenters. The molecular formula is C79H101CuF4IO12S2. The number of rotatable bonds is 7. The van der Waals surface area contributed by atoms with Gasteiger partial charge < -0.3 is 18.9 Å². The second-order valence-electron chi connectivity index (χ2n) is 28.9. The first-order valence-corrected chi connectivity index (χ1v) is 38.0. The smallest absolute Gasteiger partial charge is 0.455 e. The van der Waals surface area contributed by atoms with E-state index in [-0.39, 0.29) is 109 Å². The van der Waals surface area contributed by atoms with Gasteiger partial charge in [-0.05, 0) is 99.2 Å². The van der Waals surface area contributed by atoms with Crippen molar-refractivity contribution in [2.45, 2.75) is 192 Å². The van der Waals surface area contributed by atoms with Gasteiger partial charge in [0.25, 0.3) is 0 Å². The van der Waals surface area contributed by atoms with Gasteiger partial charge in [-0.3, -0.25) is 9.59 Å². The van der Waals surface area contributed by atoms with Crippen molar-refractivity contribution in [3.8, 4) is 0 Å². The molecule has 547 valence electrons. The molecule has 1 radical (unpaired) electrons. The Labute approximate surface area is 613 Å². The van der Waals surface area contributed by atoms with E-state index in [1.54, 1.807) is 0 Å². The third-order valence-corrected chi connectivity index (χ3v) is 23.7. The van der Waals surface area contributed by atoms with Crippen LogP contribution in [-0.2, 0) is 102 Å². The number of alkyl halides is 4. The van der Waals surface area contributed by atoms with E-state index in [1.165, 1.54) is 51.7 Å². The molecule has 5 aromatic carbocycles. The van der Waals surface area contributed by atoms with Gasteiger partial charge in [-0.2, -0.15) is 121 Å². The third-order valence-electron chi connectivity index (χ3n) is 17.8. The van der Waals surface area contributed by atoms with Gasteiger partial charge in [0.15, 0.2) is 4.90 Å². The Kier molecular flexibility index (Phi) is 36.5. The van der Waals surface area contributed by atoms with Crippen molar-refractivity contribution in [2.24, 2.45) is 35.5 Å². The van der Waals surface area contributed by atoms with Crippen LogP contribution in [0, 0.1) is 54.8 Å². The van der Waals surface area contributed by atoms with Crippen LogP contribution in [0.25, 0.3) is 0 Å². The van der Waals surface area contributed by atoms with Crippen LogP contribution in [0.5, 0.6) is 0 Å². The number of carbonyl (C=O) groups excluding carboxylic acids is 8. The number of carbonyl (C=O) groups is 4. The van der Waals surface area contributed by atoms with Crippen LogP contribution in [0.3, 0.4) is 0 Å². The van der Waals surface area contributed by atoms with Crippen LogP contribution in [-0.4, -0.2) is 108 Å². The normalized spacial score (nSPS) is 23.6. The summed E-state index contributed by atoms with van der Waals surface area (Å²) in [6.45, 7) is 25.3. The second kappa shape index (κ2) is 41.1. The molecule has 10 aliphatic rings. The van der Waals surface area contributed by atoms with E-state index in [1.807, 2.05) is 72.4 Å². The molecule has 15 rings (SSSR count). The maximum absolute atomic E-state index is 12.9. The van der Waals surface area contributed by atoms with Crippen LogP contribution in [0.2, 0.25) is 0 Å². The maximum Gasteiger partial charge on any atom is 2.00 e. The first kappa shape index (κ1) is 87.9. The minimum atomic E-state index is -3.45. The molecule has 99 heavy (non-hydrogen) atoms. The van der Waals surface area contributed by atoms with Crippen molar-refractivity contribution < 1.29 is 113 Å². The summed E-state index contributed by atoms with van der Waals surface area (Å²) in [6, 6.07) is 52.6. The van der Waals surface area contributed by atoms with E-state index in [4.69, 9.17) is 38.1 Å². The molecule has 0 N–H and O–H groups in total. The van der Waals surface area contributed by atoms with E-state index in [2.05, 4.69) is 147 Å². The predicted molar refractivity (Wildman–Crippen MR) is 370 cm³/mol. The summed E-state index contributed by atoms with van der Waals surface area (Å²) >= 11 is 1.90. The monoisotopic (exact) mass is 1570 g/mol. The molecule has 0 amide bonds. The van der Waals surface area contributed by atoms with Gasteiger partial charge in [0.2, 0.25) is 0 Å². The van der Waals surface area contributed by atoms with Gasteiger partial charge in [0.1, 0.15) is 34.3 Å². The Balaban J connectivity index is 0.000000307. The van der Waals surface area contributed by atoms with Crippen LogP contribution in [0.1, 0.15) is 164 Å². The van der Waals surface area contributed by atoms with Gasteiger partial charge in [0.05, 0.1) is 26.4 Å². The number of hydrogen-bond donors (Lipinski definition) is 0. The van der Waals surface area contributed by atoms with Gasteiger partial charge in [0, 0.05) is 59.9 Å². The molecule has 0 aromatic heterocycles. The number of hydrogen-bond acceptors (Lipinski definition) is 13. The fraction of sp³-hybridized carbons (Fsp3) is 0.544. The molecule has 8 saturated carbocycles. The third kappa shape index (κ3) is 29.5. The van der Waals surface area contributed by atoms with Crippen LogP contribution in [0.4, 0.5) is 17.6 Å². The van der Waals surface area contributed by atoms with Gasteiger partial charge in [-0.25, -0.2) is 9.59 Å². The van der Waals surface area contributed by atoms with Crippen molar-refractivity contribution in [3.63, 3.8) is 0 Å². The van der Waals surface area contributed by atoms with Crippen molar-refractivity contribution in [3.05, 3.63) is 169 Å². The number of Topliss-reactive ketones (excluding diaryl/α,β-unsaturated/α-hetero) is 2. The summed E-state index contributed by atoms with van der Waals surface area (Å²) in [6.07, 6.45) is 6.95. The fourth-order valence-corrected chi connectivity index (χ4v) is 18.0. The quantitative estimate of drug-likeness (QED) is 0.0376. The van der Waals surface area contributed by atoms with Gasteiger partial charge in [-0.1, -0.05) is 40.3 Å². The minimum absolute atomic E-state index is 0. The Morgan fingerprint density at radius 3 is 1.02 bits per heavy atom. The van der Waals surface area contributed by atoms with Gasteiger partial charge in [-0.15, -0.1) is 0 Å². The average molecular weight is 1570 g/mol. The zero-order valence-electron chi connectivity index (χ0n) is 58.3. The molecule has 0 spiro atoms. The first-order valence-electron chi connectivity index (χ1n) is 33.1. The first-order chi connectivity index (χ1) is 45.6. The van der Waals surface area contributed by atoms with Crippen LogP contribution in [0.15, 0.2) is 138 Å².